The van der Waals surface area contributed by atoms with E-state index < -0.39 is 0 Å². The van der Waals surface area contributed by atoms with E-state index in [-0.39, 0.29) is 0 Å². The van der Waals surface area contributed by atoms with Crippen molar-refractivity contribution < 1.29 is 0 Å². The highest BCUT2D eigenvalue weighted by Crippen LogP contribution is 2.28. The summed E-state index contributed by atoms with van der Waals surface area (Å²) in [4.78, 5) is 6.58. The van der Waals surface area contributed by atoms with Crippen LogP contribution in [0.1, 0.15) is 10.6 Å². The Kier molecular flexibility index (Phi) is 1.90. The molecule has 2 aromatic rings. The summed E-state index contributed by atoms with van der Waals surface area (Å²) in [7, 11) is 0. The van der Waals surface area contributed by atoms with Crippen LogP contribution >= 0.6 is 22.9 Å². The van der Waals surface area contributed by atoms with E-state index in [1.54, 1.807) is 11.3 Å². The van der Waals surface area contributed by atoms with Gasteiger partial charge in [-0.05, 0) is 25.4 Å². The molecule has 5 heteroatoms. The Morgan fingerprint density at radius 1 is 1.33 bits per heavy atom. The first-order valence-corrected chi connectivity index (χ1v) is 5.08. The normalized spacial score (nSPS) is 10.5. The van der Waals surface area contributed by atoms with Crippen molar-refractivity contribution in [3.05, 3.63) is 16.8 Å². The fourth-order valence-corrected chi connectivity index (χ4v) is 2.43. The third kappa shape index (κ3) is 1.25. The minimum Gasteiger partial charge on any atom is -0.243 e. The highest BCUT2D eigenvalue weighted by molar-refractivity contribution is 7.19. The number of aromatic nitrogens is 3. The minimum absolute atomic E-state index is 0.967. The number of rotatable bonds is 1. The van der Waals surface area contributed by atoms with Gasteiger partial charge in [-0.15, -0.1) is 16.4 Å². The highest BCUT2D eigenvalue weighted by atomic mass is 32.1. The van der Waals surface area contributed by atoms with Gasteiger partial charge >= 0.3 is 0 Å². The topological polar surface area (TPSA) is 38.7 Å². The van der Waals surface area contributed by atoms with E-state index in [1.807, 2.05) is 20.0 Å². The van der Waals surface area contributed by atoms with Crippen molar-refractivity contribution in [3.8, 4) is 9.88 Å². The molecule has 0 radical (unpaired) electrons. The molecule has 0 aromatic carbocycles. The van der Waals surface area contributed by atoms with E-state index in [9.17, 15) is 0 Å². The summed E-state index contributed by atoms with van der Waals surface area (Å²) in [6.45, 7) is 4.00. The van der Waals surface area contributed by atoms with Crippen molar-refractivity contribution in [2.75, 3.05) is 0 Å². The fraction of sp³-hybridized carbons (Fsp3) is 0.286. The Morgan fingerprint density at radius 3 is 2.67 bits per heavy atom. The zero-order chi connectivity index (χ0) is 8.55. The number of hydrogen-bond donors (Lipinski definition) is 0. The number of aryl methyl sites for hydroxylation is 2. The molecule has 0 aliphatic heterocycles. The quantitative estimate of drug-likeness (QED) is 0.704. The summed E-state index contributed by atoms with van der Waals surface area (Å²) in [6.07, 6.45) is 1.87. The minimum atomic E-state index is 0.967. The van der Waals surface area contributed by atoms with Gasteiger partial charge in [-0.1, -0.05) is 4.49 Å². The van der Waals surface area contributed by atoms with Gasteiger partial charge < -0.3 is 0 Å². The van der Waals surface area contributed by atoms with Crippen LogP contribution in [0.25, 0.3) is 9.88 Å². The van der Waals surface area contributed by atoms with Crippen LogP contribution in [0.5, 0.6) is 0 Å². The van der Waals surface area contributed by atoms with Crippen LogP contribution in [0.15, 0.2) is 6.20 Å². The summed E-state index contributed by atoms with van der Waals surface area (Å²) < 4.78 is 3.87. The summed E-state index contributed by atoms with van der Waals surface area (Å²) in [6, 6.07) is 0. The largest absolute Gasteiger partial charge is 0.243 e. The predicted octanol–water partition coefficient (Wildman–Crippen LogP) is 2.28. The number of thiazole rings is 1. The van der Waals surface area contributed by atoms with Crippen molar-refractivity contribution in [2.45, 2.75) is 13.8 Å². The molecular weight excluding hydrogens is 190 g/mol. The second kappa shape index (κ2) is 2.91. The Hall–Kier alpha value is -0.810. The monoisotopic (exact) mass is 197 g/mol. The SMILES string of the molecule is Cc1cnc(-c2snnc2C)s1. The molecule has 0 bridgehead atoms. The summed E-state index contributed by atoms with van der Waals surface area (Å²) >= 11 is 3.08. The zero-order valence-electron chi connectivity index (χ0n) is 6.74. The van der Waals surface area contributed by atoms with Crippen molar-refractivity contribution in [1.82, 2.24) is 14.6 Å². The Labute approximate surface area is 78.3 Å². The van der Waals surface area contributed by atoms with Crippen LogP contribution in [-0.2, 0) is 0 Å². The molecule has 12 heavy (non-hydrogen) atoms. The zero-order valence-corrected chi connectivity index (χ0v) is 8.37. The standard InChI is InChI=1S/C7H7N3S2/c1-4-3-8-7(11-4)6-5(2)9-10-12-6/h3H,1-2H3. The van der Waals surface area contributed by atoms with Gasteiger partial charge in [-0.3, -0.25) is 0 Å². The molecule has 0 amide bonds. The molecule has 2 aromatic heterocycles. The van der Waals surface area contributed by atoms with Gasteiger partial charge in [0.2, 0.25) is 0 Å². The average Bonchev–Trinajstić information content (AvgIpc) is 2.58. The van der Waals surface area contributed by atoms with E-state index in [0.717, 1.165) is 15.6 Å². The molecule has 0 fully saturated rings. The van der Waals surface area contributed by atoms with Crippen LogP contribution in [0, 0.1) is 13.8 Å². The molecule has 0 N–H and O–H groups in total. The van der Waals surface area contributed by atoms with E-state index >= 15 is 0 Å². The molecule has 0 saturated heterocycles. The van der Waals surface area contributed by atoms with Crippen LogP contribution in [0.3, 0.4) is 0 Å². The van der Waals surface area contributed by atoms with Gasteiger partial charge in [0.25, 0.3) is 0 Å². The van der Waals surface area contributed by atoms with Crippen LogP contribution in [0.4, 0.5) is 0 Å². The number of hydrogen-bond acceptors (Lipinski definition) is 5. The molecule has 0 aliphatic carbocycles. The van der Waals surface area contributed by atoms with Crippen molar-refractivity contribution in [2.24, 2.45) is 0 Å². The lowest BCUT2D eigenvalue weighted by Gasteiger charge is -1.86. The molecule has 0 unspecified atom stereocenters. The van der Waals surface area contributed by atoms with Crippen molar-refractivity contribution in [1.29, 1.82) is 0 Å². The highest BCUT2D eigenvalue weighted by Gasteiger charge is 2.08. The van der Waals surface area contributed by atoms with Gasteiger partial charge in [0, 0.05) is 11.1 Å². The van der Waals surface area contributed by atoms with Gasteiger partial charge in [-0.25, -0.2) is 4.98 Å². The maximum atomic E-state index is 4.27. The summed E-state index contributed by atoms with van der Waals surface area (Å²) in [5.41, 5.74) is 0.967. The fourth-order valence-electron chi connectivity index (χ4n) is 0.887. The summed E-state index contributed by atoms with van der Waals surface area (Å²) in [5.74, 6) is 0. The molecule has 2 rings (SSSR count). The second-order valence-corrected chi connectivity index (χ2v) is 4.45. The predicted molar refractivity (Wildman–Crippen MR) is 50.5 cm³/mol. The maximum Gasteiger partial charge on any atom is 0.137 e. The van der Waals surface area contributed by atoms with Crippen LogP contribution < -0.4 is 0 Å². The second-order valence-electron chi connectivity index (χ2n) is 2.46. The molecule has 3 nitrogen and oxygen atoms in total. The third-order valence-corrected chi connectivity index (χ3v) is 3.36. The first kappa shape index (κ1) is 7.82. The molecule has 62 valence electrons. The molecule has 0 aliphatic rings. The average molecular weight is 197 g/mol. The third-order valence-electron chi connectivity index (χ3n) is 1.47. The van der Waals surface area contributed by atoms with Crippen molar-refractivity contribution >= 4 is 22.9 Å². The lowest BCUT2D eigenvalue weighted by atomic mass is 10.4. The molecular formula is C7H7N3S2. The smallest absolute Gasteiger partial charge is 0.137 e. The summed E-state index contributed by atoms with van der Waals surface area (Å²) in [5, 5.41) is 4.97. The first-order valence-electron chi connectivity index (χ1n) is 3.49. The van der Waals surface area contributed by atoms with Gasteiger partial charge in [0.1, 0.15) is 9.88 Å². The Balaban J connectivity index is 2.50. The molecule has 2 heterocycles. The van der Waals surface area contributed by atoms with Gasteiger partial charge in [0.05, 0.1) is 5.69 Å². The van der Waals surface area contributed by atoms with E-state index in [1.165, 1.54) is 16.4 Å². The Bertz CT molecular complexity index is 391. The lowest BCUT2D eigenvalue weighted by Crippen LogP contribution is -1.74. The number of nitrogens with zero attached hydrogens (tertiary/aromatic N) is 3. The van der Waals surface area contributed by atoms with E-state index in [4.69, 9.17) is 0 Å². The Morgan fingerprint density at radius 2 is 2.17 bits per heavy atom. The van der Waals surface area contributed by atoms with Crippen molar-refractivity contribution in [3.63, 3.8) is 0 Å². The maximum absolute atomic E-state index is 4.27. The van der Waals surface area contributed by atoms with Crippen LogP contribution in [-0.4, -0.2) is 14.6 Å². The van der Waals surface area contributed by atoms with Crippen LogP contribution in [0.2, 0.25) is 0 Å². The lowest BCUT2D eigenvalue weighted by molar-refractivity contribution is 1.09. The van der Waals surface area contributed by atoms with E-state index in [2.05, 4.69) is 14.6 Å². The molecule has 0 spiro atoms. The molecule has 0 atom stereocenters. The van der Waals surface area contributed by atoms with Gasteiger partial charge in [0.15, 0.2) is 0 Å². The van der Waals surface area contributed by atoms with Gasteiger partial charge in [-0.2, -0.15) is 0 Å². The first-order chi connectivity index (χ1) is 5.77. The van der Waals surface area contributed by atoms with E-state index in [0.29, 0.717) is 0 Å². The molecule has 0 saturated carbocycles.